The minimum absolute atomic E-state index is 0.974. The Morgan fingerprint density at radius 2 is 2.31 bits per heavy atom. The molecule has 1 aliphatic heterocycles. The van der Waals surface area contributed by atoms with Crippen molar-refractivity contribution < 1.29 is 13.4 Å². The molecule has 1 aromatic rings. The van der Waals surface area contributed by atoms with Gasteiger partial charge in [-0.1, -0.05) is 12.1 Å². The minimum Gasteiger partial charge on any atom is -0.326 e. The number of rotatable bonds is 2. The third-order valence-corrected chi connectivity index (χ3v) is 5.90. The molecule has 72 valence electrons. The summed E-state index contributed by atoms with van der Waals surface area (Å²) in [7, 11) is -2.44. The normalized spacial score (nSPS) is 24.8. The van der Waals surface area contributed by atoms with Gasteiger partial charge in [-0.15, -0.1) is 0 Å². The van der Waals surface area contributed by atoms with Crippen LogP contribution in [0.2, 0.25) is 0 Å². The Labute approximate surface area is 82.7 Å². The van der Waals surface area contributed by atoms with Gasteiger partial charge in [0.25, 0.3) is 0 Å². The molecule has 0 radical (unpaired) electrons. The second-order valence-corrected chi connectivity index (χ2v) is 6.48. The van der Waals surface area contributed by atoms with Crippen molar-refractivity contribution in [3.05, 3.63) is 24.3 Å². The Balaban J connectivity index is 2.09. The summed E-state index contributed by atoms with van der Waals surface area (Å²) in [6.07, 6.45) is 0. The summed E-state index contributed by atoms with van der Waals surface area (Å²) in [5.74, 6) is 0. The fourth-order valence-corrected chi connectivity index (χ4v) is 5.26. The van der Waals surface area contributed by atoms with Gasteiger partial charge in [-0.25, -0.2) is 3.97 Å². The van der Waals surface area contributed by atoms with Crippen molar-refractivity contribution in [1.29, 1.82) is 0 Å². The maximum atomic E-state index is 10.4. The van der Waals surface area contributed by atoms with Crippen molar-refractivity contribution in [3.63, 3.8) is 0 Å². The Kier molecular flexibility index (Phi) is 2.86. The molecule has 2 unspecified atom stereocenters. The number of thiol groups is 1. The lowest BCUT2D eigenvalue weighted by atomic mass is 10.3. The second kappa shape index (κ2) is 3.94. The highest BCUT2D eigenvalue weighted by molar-refractivity contribution is 8.84. The SMILES string of the molecule is O=[PH](O)O[SH]1Nc2ccccc2S1. The van der Waals surface area contributed by atoms with E-state index in [0.29, 0.717) is 0 Å². The Morgan fingerprint density at radius 3 is 3.00 bits per heavy atom. The zero-order valence-corrected chi connectivity index (χ0v) is 9.14. The molecule has 0 aliphatic carbocycles. The van der Waals surface area contributed by atoms with Crippen LogP contribution in [0.4, 0.5) is 5.69 Å². The van der Waals surface area contributed by atoms with Crippen molar-refractivity contribution in [3.8, 4) is 0 Å². The lowest BCUT2D eigenvalue weighted by Gasteiger charge is -2.11. The molecule has 0 spiro atoms. The fraction of sp³-hybridized carbons (Fsp3) is 0. The maximum Gasteiger partial charge on any atom is 0.328 e. The molecule has 2 N–H and O–H groups in total. The van der Waals surface area contributed by atoms with Gasteiger partial charge in [-0.3, -0.25) is 4.57 Å². The van der Waals surface area contributed by atoms with E-state index < -0.39 is 18.6 Å². The lowest BCUT2D eigenvalue weighted by Crippen LogP contribution is -1.85. The maximum absolute atomic E-state index is 10.4. The molecule has 0 fully saturated rings. The summed E-state index contributed by atoms with van der Waals surface area (Å²) < 4.78 is 18.3. The molecule has 0 amide bonds. The molecular weight excluding hydrogens is 229 g/mol. The van der Waals surface area contributed by atoms with Crippen molar-refractivity contribution in [2.45, 2.75) is 4.90 Å². The summed E-state index contributed by atoms with van der Waals surface area (Å²) in [6.45, 7) is 0. The third kappa shape index (κ3) is 2.21. The standard InChI is InChI=1S/C6H8NO3PS2/c8-11(9)10-13-7-5-3-1-2-4-6(5)12-13/h1-4,7,11,13H,(H,8,9). The van der Waals surface area contributed by atoms with Crippen LogP contribution in [0.25, 0.3) is 0 Å². The first-order valence-corrected chi connectivity index (χ1v) is 7.45. The number of hydrogen-bond acceptors (Lipinski definition) is 4. The first-order chi connectivity index (χ1) is 6.25. The summed E-state index contributed by atoms with van der Waals surface area (Å²) in [5, 5.41) is 0. The number of fused-ring (bicyclic) bond motifs is 1. The molecule has 4 nitrogen and oxygen atoms in total. The van der Waals surface area contributed by atoms with E-state index in [1.54, 1.807) is 0 Å². The third-order valence-electron chi connectivity index (χ3n) is 1.44. The van der Waals surface area contributed by atoms with Gasteiger partial charge < -0.3 is 9.62 Å². The molecule has 0 saturated carbocycles. The van der Waals surface area contributed by atoms with E-state index in [0.717, 1.165) is 10.6 Å². The molecule has 1 aliphatic rings. The van der Waals surface area contributed by atoms with Crippen molar-refractivity contribution >= 4 is 35.1 Å². The smallest absolute Gasteiger partial charge is 0.326 e. The molecule has 1 aromatic carbocycles. The first-order valence-electron chi connectivity index (χ1n) is 3.50. The second-order valence-electron chi connectivity index (χ2n) is 2.31. The van der Waals surface area contributed by atoms with Gasteiger partial charge in [-0.2, -0.15) is 0 Å². The minimum atomic E-state index is -2.84. The van der Waals surface area contributed by atoms with E-state index in [2.05, 4.69) is 4.72 Å². The van der Waals surface area contributed by atoms with Gasteiger partial charge in [0.15, 0.2) is 0 Å². The number of anilines is 1. The van der Waals surface area contributed by atoms with Crippen LogP contribution < -0.4 is 4.72 Å². The van der Waals surface area contributed by atoms with Crippen LogP contribution >= 0.6 is 29.4 Å². The monoisotopic (exact) mass is 237 g/mol. The predicted molar refractivity (Wildman–Crippen MR) is 57.2 cm³/mol. The average molecular weight is 237 g/mol. The molecular formula is C6H8NO3PS2. The van der Waals surface area contributed by atoms with Crippen LogP contribution in [0.1, 0.15) is 0 Å². The van der Waals surface area contributed by atoms with Crippen LogP contribution in [-0.2, 0) is 8.54 Å². The first kappa shape index (κ1) is 9.43. The molecule has 1 heterocycles. The van der Waals surface area contributed by atoms with Gasteiger partial charge in [0.05, 0.1) is 5.69 Å². The summed E-state index contributed by atoms with van der Waals surface area (Å²) in [4.78, 5) is 9.65. The van der Waals surface area contributed by atoms with Crippen LogP contribution in [0.3, 0.4) is 0 Å². The molecule has 0 bridgehead atoms. The summed E-state index contributed by atoms with van der Waals surface area (Å²) in [6, 6.07) is 7.71. The predicted octanol–water partition coefficient (Wildman–Crippen LogP) is 2.35. The average Bonchev–Trinajstić information content (AvgIpc) is 2.44. The van der Waals surface area contributed by atoms with Gasteiger partial charge >= 0.3 is 8.25 Å². The molecule has 13 heavy (non-hydrogen) atoms. The quantitative estimate of drug-likeness (QED) is 0.419. The van der Waals surface area contributed by atoms with E-state index >= 15 is 0 Å². The van der Waals surface area contributed by atoms with E-state index in [1.807, 2.05) is 24.3 Å². The van der Waals surface area contributed by atoms with Crippen molar-refractivity contribution in [1.82, 2.24) is 0 Å². The van der Waals surface area contributed by atoms with E-state index in [-0.39, 0.29) is 0 Å². The molecule has 0 saturated heterocycles. The Hall–Kier alpha value is -0.130. The highest BCUT2D eigenvalue weighted by atomic mass is 33.1. The Morgan fingerprint density at radius 1 is 1.54 bits per heavy atom. The van der Waals surface area contributed by atoms with Gasteiger partial charge in [0.2, 0.25) is 0 Å². The van der Waals surface area contributed by atoms with Gasteiger partial charge in [-0.05, 0) is 33.3 Å². The Bertz CT molecular complexity index is 323. The van der Waals surface area contributed by atoms with E-state index in [1.165, 1.54) is 10.8 Å². The van der Waals surface area contributed by atoms with Crippen LogP contribution in [-0.4, -0.2) is 4.89 Å². The highest BCUT2D eigenvalue weighted by Gasteiger charge is 2.19. The number of nitrogens with one attached hydrogen (secondary N) is 1. The van der Waals surface area contributed by atoms with Crippen molar-refractivity contribution in [2.24, 2.45) is 0 Å². The number of hydrogen-bond donors (Lipinski definition) is 3. The molecule has 7 heteroatoms. The zero-order chi connectivity index (χ0) is 9.26. The van der Waals surface area contributed by atoms with E-state index in [9.17, 15) is 4.57 Å². The largest absolute Gasteiger partial charge is 0.328 e. The molecule has 2 rings (SSSR count). The lowest BCUT2D eigenvalue weighted by molar-refractivity contribution is 0.432. The number of benzene rings is 1. The molecule has 0 aromatic heterocycles. The van der Waals surface area contributed by atoms with Crippen molar-refractivity contribution in [2.75, 3.05) is 4.72 Å². The topological polar surface area (TPSA) is 58.6 Å². The molecule has 2 atom stereocenters. The van der Waals surface area contributed by atoms with E-state index in [4.69, 9.17) is 8.86 Å². The summed E-state index contributed by atoms with van der Waals surface area (Å²) >= 11 is 0. The number of para-hydroxylation sites is 1. The summed E-state index contributed by atoms with van der Waals surface area (Å²) in [5.41, 5.74) is 0.974. The van der Waals surface area contributed by atoms with Gasteiger partial charge in [0, 0.05) is 4.90 Å². The van der Waals surface area contributed by atoms with Crippen LogP contribution in [0.15, 0.2) is 29.2 Å². The van der Waals surface area contributed by atoms with Crippen LogP contribution in [0.5, 0.6) is 0 Å². The van der Waals surface area contributed by atoms with Crippen LogP contribution in [0, 0.1) is 0 Å². The van der Waals surface area contributed by atoms with Gasteiger partial charge in [0.1, 0.15) is 0 Å². The zero-order valence-electron chi connectivity index (χ0n) is 6.43. The highest BCUT2D eigenvalue weighted by Crippen LogP contribution is 2.58. The fourth-order valence-electron chi connectivity index (χ4n) is 0.961.